The van der Waals surface area contributed by atoms with Gasteiger partial charge in [0.1, 0.15) is 5.92 Å². The van der Waals surface area contributed by atoms with Crippen molar-refractivity contribution < 1.29 is 23.5 Å². The van der Waals surface area contributed by atoms with Crippen LogP contribution in [0.4, 0.5) is 0 Å². The zero-order valence-electron chi connectivity index (χ0n) is 12.7. The molecular formula is C14H22O5Si. The summed E-state index contributed by atoms with van der Waals surface area (Å²) in [5.41, 5.74) is 0.190. The summed E-state index contributed by atoms with van der Waals surface area (Å²) in [5, 5.41) is 0.0744. The van der Waals surface area contributed by atoms with Crippen LogP contribution in [0, 0.1) is 5.92 Å². The molecule has 0 radical (unpaired) electrons. The highest BCUT2D eigenvalue weighted by atomic mass is 28.4. The van der Waals surface area contributed by atoms with Crippen molar-refractivity contribution in [3.05, 3.63) is 12.2 Å². The maximum absolute atomic E-state index is 11.8. The molecule has 0 aliphatic carbocycles. The van der Waals surface area contributed by atoms with Gasteiger partial charge in [-0.05, 0) is 18.1 Å². The van der Waals surface area contributed by atoms with Gasteiger partial charge < -0.3 is 13.9 Å². The van der Waals surface area contributed by atoms with Crippen LogP contribution in [0.25, 0.3) is 0 Å². The lowest BCUT2D eigenvalue weighted by molar-refractivity contribution is -0.150. The number of fused-ring (bicyclic) bond motifs is 1. The van der Waals surface area contributed by atoms with Gasteiger partial charge in [0.15, 0.2) is 20.5 Å². The lowest BCUT2D eigenvalue weighted by Crippen LogP contribution is -2.44. The van der Waals surface area contributed by atoms with Crippen molar-refractivity contribution in [1.82, 2.24) is 0 Å². The molecule has 2 rings (SSSR count). The van der Waals surface area contributed by atoms with Crippen molar-refractivity contribution in [3.63, 3.8) is 0 Å². The summed E-state index contributed by atoms with van der Waals surface area (Å²) in [6, 6.07) is 0. The Morgan fingerprint density at radius 3 is 2.40 bits per heavy atom. The minimum Gasteiger partial charge on any atom is -0.455 e. The Labute approximate surface area is 120 Å². The second kappa shape index (κ2) is 4.70. The van der Waals surface area contributed by atoms with Crippen LogP contribution in [0.5, 0.6) is 0 Å². The Morgan fingerprint density at radius 2 is 1.85 bits per heavy atom. The van der Waals surface area contributed by atoms with Crippen molar-refractivity contribution in [2.75, 3.05) is 6.61 Å². The van der Waals surface area contributed by atoms with Crippen molar-refractivity contribution in [2.24, 2.45) is 5.92 Å². The van der Waals surface area contributed by atoms with Crippen LogP contribution < -0.4 is 0 Å². The first-order chi connectivity index (χ1) is 9.04. The molecular weight excluding hydrogens is 276 g/mol. The summed E-state index contributed by atoms with van der Waals surface area (Å²) in [7, 11) is -1.93. The summed E-state index contributed by atoms with van der Waals surface area (Å²) in [6.45, 7) is 14.5. The molecule has 0 bridgehead atoms. The highest BCUT2D eigenvalue weighted by Gasteiger charge is 2.55. The second-order valence-corrected chi connectivity index (χ2v) is 11.7. The highest BCUT2D eigenvalue weighted by Crippen LogP contribution is 2.39. The number of hydrogen-bond acceptors (Lipinski definition) is 5. The molecule has 6 heteroatoms. The summed E-state index contributed by atoms with van der Waals surface area (Å²) >= 11 is 0. The number of ether oxygens (including phenoxy) is 2. The van der Waals surface area contributed by atoms with E-state index in [9.17, 15) is 9.59 Å². The van der Waals surface area contributed by atoms with Crippen LogP contribution in [0.1, 0.15) is 20.8 Å². The van der Waals surface area contributed by atoms with E-state index in [1.165, 1.54) is 0 Å². The van der Waals surface area contributed by atoms with E-state index in [1.54, 1.807) is 0 Å². The molecule has 0 spiro atoms. The van der Waals surface area contributed by atoms with Gasteiger partial charge in [0.05, 0.1) is 6.61 Å². The largest absolute Gasteiger partial charge is 0.455 e. The molecule has 2 aliphatic heterocycles. The van der Waals surface area contributed by atoms with Gasteiger partial charge >= 0.3 is 11.9 Å². The number of rotatable bonds is 3. The molecule has 3 atom stereocenters. The van der Waals surface area contributed by atoms with Gasteiger partial charge in [-0.25, -0.2) is 4.79 Å². The minimum atomic E-state index is -1.93. The zero-order chi connectivity index (χ0) is 15.3. The lowest BCUT2D eigenvalue weighted by atomic mass is 9.97. The molecule has 2 aliphatic rings. The molecule has 2 saturated heterocycles. The molecule has 0 aromatic carbocycles. The van der Waals surface area contributed by atoms with Gasteiger partial charge in [0, 0.05) is 5.57 Å². The Balaban J connectivity index is 2.04. The SMILES string of the molecule is C=C1C(=O)O[C@H]2[C@@H]1C(=O)O[C@@H]2CO[Si](C)(C)C(C)(C)C. The molecule has 0 saturated carbocycles. The number of hydrogen-bond donors (Lipinski definition) is 0. The fourth-order valence-electron chi connectivity index (χ4n) is 2.08. The maximum Gasteiger partial charge on any atom is 0.334 e. The van der Waals surface area contributed by atoms with E-state index < -0.39 is 38.4 Å². The Bertz CT molecular complexity index is 463. The molecule has 0 aromatic heterocycles. The van der Waals surface area contributed by atoms with Gasteiger partial charge in [-0.2, -0.15) is 0 Å². The average molecular weight is 298 g/mol. The van der Waals surface area contributed by atoms with E-state index in [-0.39, 0.29) is 17.2 Å². The fourth-order valence-corrected chi connectivity index (χ4v) is 3.10. The molecule has 0 aromatic rings. The number of carbonyl (C=O) groups excluding carboxylic acids is 2. The van der Waals surface area contributed by atoms with E-state index in [2.05, 4.69) is 40.4 Å². The van der Waals surface area contributed by atoms with Crippen molar-refractivity contribution in [1.29, 1.82) is 0 Å². The van der Waals surface area contributed by atoms with Crippen LogP contribution in [0.2, 0.25) is 18.1 Å². The van der Waals surface area contributed by atoms with Gasteiger partial charge in [-0.1, -0.05) is 27.4 Å². The number of cyclic esters (lactones) is 1. The van der Waals surface area contributed by atoms with E-state index in [0.29, 0.717) is 0 Å². The van der Waals surface area contributed by atoms with Crippen LogP contribution in [-0.2, 0) is 23.5 Å². The van der Waals surface area contributed by atoms with Gasteiger partial charge in [0.25, 0.3) is 0 Å². The molecule has 0 N–H and O–H groups in total. The predicted octanol–water partition coefficient (Wildman–Crippen LogP) is 2.03. The first-order valence-electron chi connectivity index (χ1n) is 6.79. The topological polar surface area (TPSA) is 61.8 Å². The summed E-state index contributed by atoms with van der Waals surface area (Å²) in [6.07, 6.45) is -1.10. The standard InChI is InChI=1S/C14H22O5Si/c1-8-10-11(19-12(8)15)9(18-13(10)16)7-17-20(5,6)14(2,3)4/h9-11H,1,7H2,2-6H3/t9-,10-,11-/m1/s1. The summed E-state index contributed by atoms with van der Waals surface area (Å²) in [4.78, 5) is 23.3. The number of esters is 2. The van der Waals surface area contributed by atoms with Crippen LogP contribution >= 0.6 is 0 Å². The highest BCUT2D eigenvalue weighted by molar-refractivity contribution is 6.74. The third-order valence-electron chi connectivity index (χ3n) is 4.51. The molecule has 0 amide bonds. The van der Waals surface area contributed by atoms with E-state index in [1.807, 2.05) is 0 Å². The Hall–Kier alpha value is -1.14. The lowest BCUT2D eigenvalue weighted by Gasteiger charge is -2.37. The van der Waals surface area contributed by atoms with E-state index in [0.717, 1.165) is 0 Å². The van der Waals surface area contributed by atoms with Crippen molar-refractivity contribution in [3.8, 4) is 0 Å². The summed E-state index contributed by atoms with van der Waals surface area (Å²) < 4.78 is 16.5. The third kappa shape index (κ3) is 2.42. The monoisotopic (exact) mass is 298 g/mol. The molecule has 2 heterocycles. The maximum atomic E-state index is 11.8. The van der Waals surface area contributed by atoms with Crippen LogP contribution in [-0.4, -0.2) is 39.1 Å². The smallest absolute Gasteiger partial charge is 0.334 e. The van der Waals surface area contributed by atoms with E-state index >= 15 is 0 Å². The quantitative estimate of drug-likeness (QED) is 0.453. The van der Waals surface area contributed by atoms with Crippen LogP contribution in [0.3, 0.4) is 0 Å². The zero-order valence-corrected chi connectivity index (χ0v) is 13.7. The average Bonchev–Trinajstić information content (AvgIpc) is 2.75. The van der Waals surface area contributed by atoms with Crippen molar-refractivity contribution in [2.45, 2.75) is 51.1 Å². The number of carbonyl (C=O) groups is 2. The van der Waals surface area contributed by atoms with Gasteiger partial charge in [-0.15, -0.1) is 0 Å². The molecule has 5 nitrogen and oxygen atoms in total. The molecule has 112 valence electrons. The first kappa shape index (κ1) is 15.2. The van der Waals surface area contributed by atoms with Gasteiger partial charge in [-0.3, -0.25) is 4.79 Å². The molecule has 0 unspecified atom stereocenters. The van der Waals surface area contributed by atoms with E-state index in [4.69, 9.17) is 13.9 Å². The predicted molar refractivity (Wildman–Crippen MR) is 75.5 cm³/mol. The Morgan fingerprint density at radius 1 is 1.25 bits per heavy atom. The molecule has 2 fully saturated rings. The second-order valence-electron chi connectivity index (χ2n) is 6.92. The molecule has 20 heavy (non-hydrogen) atoms. The minimum absolute atomic E-state index is 0.0744. The van der Waals surface area contributed by atoms with Crippen molar-refractivity contribution >= 4 is 20.3 Å². The first-order valence-corrected chi connectivity index (χ1v) is 9.69. The van der Waals surface area contributed by atoms with Crippen LogP contribution in [0.15, 0.2) is 12.2 Å². The summed E-state index contributed by atoms with van der Waals surface area (Å²) in [5.74, 6) is -1.60. The fraction of sp³-hybridized carbons (Fsp3) is 0.714. The normalized spacial score (nSPS) is 30.2. The third-order valence-corrected chi connectivity index (χ3v) is 9.01. The van der Waals surface area contributed by atoms with Gasteiger partial charge in [0.2, 0.25) is 0 Å². The Kier molecular flexibility index (Phi) is 3.58.